The molecule has 232 valence electrons. The zero-order valence-electron chi connectivity index (χ0n) is 25.5. The van der Waals surface area contributed by atoms with Gasteiger partial charge in [-0.25, -0.2) is 16.8 Å². The van der Waals surface area contributed by atoms with Crippen LogP contribution in [-0.2, 0) is 32.5 Å². The van der Waals surface area contributed by atoms with Crippen molar-refractivity contribution >= 4 is 30.8 Å². The van der Waals surface area contributed by atoms with E-state index in [0.29, 0.717) is 44.3 Å². The van der Waals surface area contributed by atoms with Crippen molar-refractivity contribution in [3.8, 4) is 0 Å². The lowest BCUT2D eigenvalue weighted by molar-refractivity contribution is 0.570. The molecule has 0 saturated carbocycles. The molecular weight excluding hydrogens is 609 g/mol. The first-order valence-corrected chi connectivity index (χ1v) is 18.9. The van der Waals surface area contributed by atoms with E-state index >= 15 is 0 Å². The summed E-state index contributed by atoms with van der Waals surface area (Å²) in [5.41, 5.74) is 7.90. The standard InChI is InChI=1S/2C20H18O2S/c2*21-23(22,17-7-2-1-3-8-17)18-12-13-20-16(14-18)11-10-15-6-4-5-9-19(15)20/h2*1-9,12-13,16H,10-11,14H2/t2*16-/m00/s1. The van der Waals surface area contributed by atoms with Crippen LogP contribution in [0.4, 0.5) is 0 Å². The lowest BCUT2D eigenvalue weighted by Crippen LogP contribution is -2.19. The third-order valence-corrected chi connectivity index (χ3v) is 13.4. The Hall–Kier alpha value is -4.26. The van der Waals surface area contributed by atoms with Gasteiger partial charge in [-0.05, 0) is 120 Å². The Morgan fingerprint density at radius 1 is 0.435 bits per heavy atom. The predicted octanol–water partition coefficient (Wildman–Crippen LogP) is 8.79. The molecule has 0 amide bonds. The molecule has 4 aliphatic rings. The van der Waals surface area contributed by atoms with Crippen LogP contribution in [-0.4, -0.2) is 16.8 Å². The zero-order chi connectivity index (χ0) is 31.7. The van der Waals surface area contributed by atoms with E-state index in [4.69, 9.17) is 0 Å². The van der Waals surface area contributed by atoms with Gasteiger partial charge in [0, 0.05) is 9.81 Å². The summed E-state index contributed by atoms with van der Waals surface area (Å²) in [7, 11) is -6.75. The second-order valence-electron chi connectivity index (χ2n) is 12.3. The molecule has 4 nitrogen and oxygen atoms in total. The van der Waals surface area contributed by atoms with Crippen molar-refractivity contribution in [2.75, 3.05) is 0 Å². The summed E-state index contributed by atoms with van der Waals surface area (Å²) in [6, 6.07) is 34.4. The van der Waals surface area contributed by atoms with Crippen molar-refractivity contribution in [1.82, 2.24) is 0 Å². The van der Waals surface area contributed by atoms with Crippen LogP contribution in [0, 0.1) is 11.8 Å². The molecule has 0 unspecified atom stereocenters. The Morgan fingerprint density at radius 2 is 0.804 bits per heavy atom. The van der Waals surface area contributed by atoms with Crippen molar-refractivity contribution in [1.29, 1.82) is 0 Å². The van der Waals surface area contributed by atoms with E-state index in [9.17, 15) is 16.8 Å². The molecule has 0 fully saturated rings. The number of hydrogen-bond donors (Lipinski definition) is 0. The monoisotopic (exact) mass is 644 g/mol. The molecule has 0 saturated heterocycles. The summed E-state index contributed by atoms with van der Waals surface area (Å²) in [5.74, 6) is 0.617. The normalized spacial score (nSPS) is 20.1. The van der Waals surface area contributed by atoms with Crippen LogP contribution in [0.5, 0.6) is 0 Å². The quantitative estimate of drug-likeness (QED) is 0.223. The molecule has 0 spiro atoms. The summed E-state index contributed by atoms with van der Waals surface area (Å²) in [4.78, 5) is 1.85. The van der Waals surface area contributed by atoms with E-state index in [0.717, 1.165) is 25.7 Å². The summed E-state index contributed by atoms with van der Waals surface area (Å²) < 4.78 is 51.2. The number of rotatable bonds is 4. The van der Waals surface area contributed by atoms with Crippen molar-refractivity contribution in [3.05, 3.63) is 166 Å². The van der Waals surface area contributed by atoms with E-state index < -0.39 is 19.7 Å². The second-order valence-corrected chi connectivity index (χ2v) is 16.3. The van der Waals surface area contributed by atoms with Crippen molar-refractivity contribution < 1.29 is 16.8 Å². The molecule has 8 rings (SSSR count). The second kappa shape index (κ2) is 12.5. The third kappa shape index (κ3) is 5.76. The Labute approximate surface area is 272 Å². The lowest BCUT2D eigenvalue weighted by Gasteiger charge is -2.31. The van der Waals surface area contributed by atoms with Gasteiger partial charge >= 0.3 is 0 Å². The van der Waals surface area contributed by atoms with Gasteiger partial charge in [-0.15, -0.1) is 0 Å². The van der Waals surface area contributed by atoms with E-state index in [-0.39, 0.29) is 0 Å². The first-order valence-electron chi connectivity index (χ1n) is 15.9. The highest BCUT2D eigenvalue weighted by molar-refractivity contribution is 7.95. The molecular formula is C40H36O4S2. The molecule has 4 aromatic carbocycles. The van der Waals surface area contributed by atoms with Gasteiger partial charge in [0.25, 0.3) is 0 Å². The van der Waals surface area contributed by atoms with Crippen LogP contribution in [0.3, 0.4) is 0 Å². The van der Waals surface area contributed by atoms with E-state index in [2.05, 4.69) is 48.5 Å². The smallest absolute Gasteiger partial charge is 0.202 e. The summed E-state index contributed by atoms with van der Waals surface area (Å²) in [6.07, 6.45) is 12.9. The molecule has 0 radical (unpaired) electrons. The molecule has 0 aromatic heterocycles. The van der Waals surface area contributed by atoms with Gasteiger partial charge in [0.1, 0.15) is 0 Å². The fourth-order valence-electron chi connectivity index (χ4n) is 7.21. The average molecular weight is 645 g/mol. The maximum Gasteiger partial charge on any atom is 0.202 e. The van der Waals surface area contributed by atoms with E-state index in [1.807, 2.05) is 24.3 Å². The highest BCUT2D eigenvalue weighted by Crippen LogP contribution is 2.44. The van der Waals surface area contributed by atoms with Crippen LogP contribution < -0.4 is 0 Å². The SMILES string of the molecule is O=S(=O)(C1=CC=C2c3ccccc3CC[C@H]2C1)c1ccccc1.O=S(=O)(C1=CC=C2c3ccccc3CC[C@H]2C1)c1ccccc1. The Bertz CT molecular complexity index is 1970. The first-order chi connectivity index (χ1) is 22.3. The van der Waals surface area contributed by atoms with Crippen molar-refractivity contribution in [2.24, 2.45) is 11.8 Å². The highest BCUT2D eigenvalue weighted by Gasteiger charge is 2.32. The number of allylic oxidation sites excluding steroid dienone is 8. The minimum atomic E-state index is -3.37. The molecule has 0 heterocycles. The minimum absolute atomic E-state index is 0.309. The minimum Gasteiger partial charge on any atom is -0.219 e. The van der Waals surface area contributed by atoms with E-state index in [1.165, 1.54) is 33.4 Å². The van der Waals surface area contributed by atoms with Gasteiger partial charge < -0.3 is 0 Å². The van der Waals surface area contributed by atoms with Gasteiger partial charge in [-0.1, -0.05) is 97.1 Å². The number of aryl methyl sites for hydroxylation is 2. The predicted molar refractivity (Wildman–Crippen MR) is 185 cm³/mol. The van der Waals surface area contributed by atoms with Gasteiger partial charge in [-0.2, -0.15) is 0 Å². The van der Waals surface area contributed by atoms with Gasteiger partial charge in [0.05, 0.1) is 9.79 Å². The fraction of sp³-hybridized carbons (Fsp3) is 0.200. The number of fused-ring (bicyclic) bond motifs is 6. The van der Waals surface area contributed by atoms with Crippen molar-refractivity contribution in [3.63, 3.8) is 0 Å². The lowest BCUT2D eigenvalue weighted by atomic mass is 9.76. The van der Waals surface area contributed by atoms with Crippen molar-refractivity contribution in [2.45, 2.75) is 48.3 Å². The van der Waals surface area contributed by atoms with Crippen LogP contribution in [0.2, 0.25) is 0 Å². The molecule has 4 aromatic rings. The van der Waals surface area contributed by atoms with Gasteiger partial charge in [0.15, 0.2) is 0 Å². The zero-order valence-corrected chi connectivity index (χ0v) is 27.2. The average Bonchev–Trinajstić information content (AvgIpc) is 3.12. The maximum absolute atomic E-state index is 12.8. The molecule has 46 heavy (non-hydrogen) atoms. The summed E-state index contributed by atoms with van der Waals surface area (Å²) >= 11 is 0. The number of hydrogen-bond acceptors (Lipinski definition) is 4. The molecule has 0 N–H and O–H groups in total. The molecule has 4 aliphatic carbocycles. The molecule has 2 atom stereocenters. The Morgan fingerprint density at radius 3 is 1.22 bits per heavy atom. The fourth-order valence-corrected chi connectivity index (χ4v) is 10.2. The Balaban J connectivity index is 0.000000147. The van der Waals surface area contributed by atoms with Gasteiger partial charge in [-0.3, -0.25) is 0 Å². The number of sulfone groups is 2. The van der Waals surface area contributed by atoms with Crippen LogP contribution in [0.25, 0.3) is 11.1 Å². The molecule has 6 heteroatoms. The van der Waals surface area contributed by atoms with E-state index in [1.54, 1.807) is 60.7 Å². The molecule has 0 aliphatic heterocycles. The number of benzene rings is 4. The first kappa shape index (κ1) is 30.4. The van der Waals surface area contributed by atoms with Gasteiger partial charge in [0.2, 0.25) is 19.7 Å². The largest absolute Gasteiger partial charge is 0.219 e. The summed E-state index contributed by atoms with van der Waals surface area (Å²) in [5, 5.41) is 0. The molecule has 0 bridgehead atoms. The maximum atomic E-state index is 12.8. The van der Waals surface area contributed by atoms with Crippen LogP contribution in [0.1, 0.15) is 47.9 Å². The van der Waals surface area contributed by atoms with Crippen LogP contribution >= 0.6 is 0 Å². The Kier molecular flexibility index (Phi) is 8.26. The topological polar surface area (TPSA) is 68.3 Å². The van der Waals surface area contributed by atoms with Crippen LogP contribution in [0.15, 0.2) is 153 Å². The highest BCUT2D eigenvalue weighted by atomic mass is 32.2. The third-order valence-electron chi connectivity index (χ3n) is 9.65. The summed E-state index contributed by atoms with van der Waals surface area (Å²) in [6.45, 7) is 0.